The number of nitrogens with one attached hydrogen (secondary N) is 8. The van der Waals surface area contributed by atoms with Crippen LogP contribution in [-0.2, 0) is 0 Å². The van der Waals surface area contributed by atoms with Crippen LogP contribution in [0.5, 0.6) is 0 Å². The molecule has 4 rings (SSSR count). The quantitative estimate of drug-likeness (QED) is 0.0810. The molecule has 16 N–H and O–H groups in total. The Morgan fingerprint density at radius 2 is 0.708 bits per heavy atom. The van der Waals surface area contributed by atoms with Crippen LogP contribution in [0, 0.1) is 38.2 Å². The van der Waals surface area contributed by atoms with E-state index in [4.69, 9.17) is 57.7 Å². The summed E-state index contributed by atoms with van der Waals surface area (Å²) in [5.41, 5.74) is 24.9. The van der Waals surface area contributed by atoms with Crippen molar-refractivity contribution in [3.63, 3.8) is 0 Å². The van der Waals surface area contributed by atoms with Gasteiger partial charge in [-0.3, -0.25) is 41.2 Å². The molecule has 20 nitrogen and oxygen atoms in total. The van der Waals surface area contributed by atoms with Gasteiger partial charge in [0.05, 0.1) is 26.4 Å². The molecule has 0 spiro atoms. The molecule has 350 valence electrons. The lowest BCUT2D eigenvalue weighted by Crippen LogP contribution is -2.39. The van der Waals surface area contributed by atoms with Gasteiger partial charge in [-0.25, -0.2) is 32.3 Å². The number of carbonyl (C=O) groups excluding carboxylic acids is 4. The van der Waals surface area contributed by atoms with Crippen molar-refractivity contribution in [2.45, 2.75) is 20.8 Å². The number of hydrogen-bond donors (Lipinski definition) is 12. The molecular formula is C39H48Cl3F3N16O4. The number of aryl methyl sites for hydroxylation is 3. The summed E-state index contributed by atoms with van der Waals surface area (Å²) in [4.78, 5) is 59.6. The Morgan fingerprint density at radius 3 is 1.05 bits per heavy atom. The molecule has 0 radical (unpaired) electrons. The highest BCUT2D eigenvalue weighted by Gasteiger charge is 2.14. The van der Waals surface area contributed by atoms with Crippen molar-refractivity contribution in [3.05, 3.63) is 116 Å². The van der Waals surface area contributed by atoms with E-state index in [1.807, 2.05) is 38.2 Å². The van der Waals surface area contributed by atoms with E-state index in [1.54, 1.807) is 18.2 Å². The fraction of sp³-hybridized carbons (Fsp3) is 0.179. The number of halogens is 6. The zero-order valence-corrected chi connectivity index (χ0v) is 38.1. The Kier molecular flexibility index (Phi) is 24.1. The number of hydrogen-bond acceptors (Lipinski definition) is 8. The van der Waals surface area contributed by atoms with Crippen LogP contribution in [0.25, 0.3) is 0 Å². The van der Waals surface area contributed by atoms with Crippen LogP contribution < -0.4 is 65.5 Å². The summed E-state index contributed by atoms with van der Waals surface area (Å²) in [6.07, 6.45) is 0. The number of para-hydroxylation sites is 3. The number of carbonyl (C=O) groups is 4. The first-order chi connectivity index (χ1) is 30.6. The van der Waals surface area contributed by atoms with Crippen molar-refractivity contribution < 1.29 is 32.3 Å². The first kappa shape index (κ1) is 55.5. The number of guanidine groups is 4. The summed E-state index contributed by atoms with van der Waals surface area (Å²) in [5.74, 6) is -2.52. The maximum Gasteiger partial charge on any atom is 0.326 e. The number of benzene rings is 4. The minimum Gasteiger partial charge on any atom is -0.370 e. The lowest BCUT2D eigenvalue weighted by molar-refractivity contribution is 0.255. The Hall–Kier alpha value is -7.50. The fourth-order valence-corrected chi connectivity index (χ4v) is 5.20. The molecule has 8 amide bonds. The number of amides is 8. The second-order valence-corrected chi connectivity index (χ2v) is 13.5. The molecule has 0 atom stereocenters. The maximum absolute atomic E-state index is 13.2. The van der Waals surface area contributed by atoms with Crippen molar-refractivity contribution in [3.8, 4) is 0 Å². The number of aliphatic imine (C=N–C) groups is 4. The smallest absolute Gasteiger partial charge is 0.326 e. The van der Waals surface area contributed by atoms with Crippen LogP contribution in [0.3, 0.4) is 0 Å². The van der Waals surface area contributed by atoms with Crippen LogP contribution in [0.15, 0.2) is 86.7 Å². The maximum atomic E-state index is 13.2. The Morgan fingerprint density at radius 1 is 0.446 bits per heavy atom. The standard InChI is InChI=1S/C12H18N4O.C9H10Cl2N4O.C9H10ClFN4O.C9H10F2N4O/c1-7-5-8(2)10(9(3)6-7)15-12(17)16-11(13)14-4;3*1-13-8(12)15-9(16)14-7-5(10)3-2-4-6(7)11/h5-6H,1-4H3,(H4,13,14,15,16,17);3*2-4H,1H3,(H4,12,13,14,15,16). The number of nitrogens with zero attached hydrogens (tertiary/aromatic N) is 4. The Bertz CT molecular complexity index is 2160. The molecule has 0 aliphatic rings. The first-order valence-electron chi connectivity index (χ1n) is 18.2. The van der Waals surface area contributed by atoms with Gasteiger partial charge >= 0.3 is 24.1 Å². The van der Waals surface area contributed by atoms with E-state index >= 15 is 0 Å². The molecule has 0 aliphatic carbocycles. The summed E-state index contributed by atoms with van der Waals surface area (Å²) in [6.45, 7) is 5.92. The second-order valence-electron chi connectivity index (χ2n) is 12.3. The van der Waals surface area contributed by atoms with Crippen LogP contribution in [0.4, 0.5) is 55.1 Å². The molecule has 0 unspecified atom stereocenters. The van der Waals surface area contributed by atoms with Gasteiger partial charge in [-0.15, -0.1) is 0 Å². The highest BCUT2D eigenvalue weighted by atomic mass is 35.5. The van der Waals surface area contributed by atoms with Gasteiger partial charge in [-0.05, 0) is 68.3 Å². The Balaban J connectivity index is 0.000000433. The molecule has 65 heavy (non-hydrogen) atoms. The summed E-state index contributed by atoms with van der Waals surface area (Å²) in [7, 11) is 5.74. The molecule has 4 aromatic carbocycles. The van der Waals surface area contributed by atoms with E-state index in [0.717, 1.165) is 28.9 Å². The minimum atomic E-state index is -0.873. The van der Waals surface area contributed by atoms with Gasteiger partial charge in [0.2, 0.25) is 0 Å². The summed E-state index contributed by atoms with van der Waals surface area (Å²) in [6, 6.07) is 13.7. The number of urea groups is 4. The SMILES string of the molecule is CN=C(N)NC(=O)Nc1c(C)cc(C)cc1C.CN=C(N)NC(=O)Nc1c(Cl)cccc1Cl.CN=C(N)NC(=O)Nc1c(F)cccc1Cl.CN=C(N)NC(=O)Nc1c(F)cccc1F. The van der Waals surface area contributed by atoms with E-state index < -0.39 is 41.2 Å². The monoisotopic (exact) mass is 966 g/mol. The normalized spacial score (nSPS) is 11.1. The third-order valence-corrected chi connectivity index (χ3v) is 8.39. The molecule has 0 saturated carbocycles. The highest BCUT2D eigenvalue weighted by Crippen LogP contribution is 2.29. The van der Waals surface area contributed by atoms with Gasteiger partial charge in [-0.2, -0.15) is 0 Å². The van der Waals surface area contributed by atoms with Crippen LogP contribution in [0.2, 0.25) is 15.1 Å². The third-order valence-electron chi connectivity index (χ3n) is 7.45. The van der Waals surface area contributed by atoms with E-state index in [0.29, 0.717) is 15.7 Å². The summed E-state index contributed by atoms with van der Waals surface area (Å²) in [5, 5.41) is 19.2. The van der Waals surface area contributed by atoms with Crippen molar-refractivity contribution in [2.24, 2.45) is 42.9 Å². The minimum absolute atomic E-state index is 0.000626. The third kappa shape index (κ3) is 20.5. The topological polar surface area (TPSA) is 318 Å². The van der Waals surface area contributed by atoms with Crippen LogP contribution in [0.1, 0.15) is 16.7 Å². The van der Waals surface area contributed by atoms with Gasteiger partial charge in [0, 0.05) is 33.9 Å². The van der Waals surface area contributed by atoms with E-state index in [9.17, 15) is 32.3 Å². The van der Waals surface area contributed by atoms with Gasteiger partial charge in [-0.1, -0.05) is 70.7 Å². The molecule has 0 fully saturated rings. The summed E-state index contributed by atoms with van der Waals surface area (Å²) < 4.78 is 39.4. The average molecular weight is 968 g/mol. The van der Waals surface area contributed by atoms with Crippen molar-refractivity contribution in [2.75, 3.05) is 49.5 Å². The lowest BCUT2D eigenvalue weighted by Gasteiger charge is -2.13. The summed E-state index contributed by atoms with van der Waals surface area (Å²) >= 11 is 17.4. The molecule has 4 aromatic rings. The van der Waals surface area contributed by atoms with Gasteiger partial charge in [0.25, 0.3) is 0 Å². The van der Waals surface area contributed by atoms with E-state index in [-0.39, 0.29) is 40.6 Å². The fourth-order valence-electron chi connectivity index (χ4n) is 4.50. The first-order valence-corrected chi connectivity index (χ1v) is 19.3. The molecule has 0 aliphatic heterocycles. The molecule has 0 saturated heterocycles. The molecule has 0 heterocycles. The van der Waals surface area contributed by atoms with Crippen LogP contribution >= 0.6 is 34.8 Å². The largest absolute Gasteiger partial charge is 0.370 e. The zero-order chi connectivity index (χ0) is 49.4. The molecule has 0 bridgehead atoms. The van der Waals surface area contributed by atoms with Crippen molar-refractivity contribution in [1.29, 1.82) is 0 Å². The zero-order valence-electron chi connectivity index (χ0n) is 35.8. The van der Waals surface area contributed by atoms with E-state index in [2.05, 4.69) is 57.2 Å². The average Bonchev–Trinajstić information content (AvgIpc) is 3.24. The number of rotatable bonds is 4. The van der Waals surface area contributed by atoms with Gasteiger partial charge in [0.15, 0.2) is 23.8 Å². The van der Waals surface area contributed by atoms with E-state index in [1.165, 1.54) is 58.0 Å². The number of nitrogens with two attached hydrogens (primary N) is 4. The lowest BCUT2D eigenvalue weighted by atomic mass is 10.1. The second kappa shape index (κ2) is 28.2. The number of anilines is 4. The van der Waals surface area contributed by atoms with Crippen molar-refractivity contribution in [1.82, 2.24) is 21.3 Å². The molecular weight excluding hydrogens is 920 g/mol. The highest BCUT2D eigenvalue weighted by molar-refractivity contribution is 6.39. The van der Waals surface area contributed by atoms with Gasteiger partial charge in [0.1, 0.15) is 23.1 Å². The predicted octanol–water partition coefficient (Wildman–Crippen LogP) is 6.31. The van der Waals surface area contributed by atoms with Crippen LogP contribution in [-0.4, -0.2) is 76.2 Å². The Labute approximate surface area is 386 Å². The molecule has 0 aromatic heterocycles. The predicted molar refractivity (Wildman–Crippen MR) is 254 cm³/mol. The van der Waals surface area contributed by atoms with Crippen molar-refractivity contribution >= 4 is 106 Å². The van der Waals surface area contributed by atoms with Gasteiger partial charge < -0.3 is 44.2 Å². The molecule has 26 heteroatoms.